The van der Waals surface area contributed by atoms with E-state index in [-0.39, 0.29) is 35.2 Å². The predicted octanol–water partition coefficient (Wildman–Crippen LogP) is 1.32. The number of nitrogens with zero attached hydrogens (tertiary/aromatic N) is 4. The van der Waals surface area contributed by atoms with Crippen molar-refractivity contribution in [2.75, 3.05) is 7.05 Å². The van der Waals surface area contributed by atoms with Crippen molar-refractivity contribution in [1.29, 1.82) is 0 Å². The van der Waals surface area contributed by atoms with Crippen LogP contribution in [-0.2, 0) is 13.1 Å². The minimum absolute atomic E-state index is 0.00306. The molecular formula is C17H21N5O2. The van der Waals surface area contributed by atoms with Gasteiger partial charge in [0.15, 0.2) is 11.4 Å². The first-order valence-electron chi connectivity index (χ1n) is 8.01. The molecule has 0 saturated heterocycles. The molecule has 1 atom stereocenters. The van der Waals surface area contributed by atoms with Gasteiger partial charge in [-0.15, -0.1) is 5.10 Å². The maximum Gasteiger partial charge on any atom is 0.276 e. The van der Waals surface area contributed by atoms with Crippen molar-refractivity contribution in [2.24, 2.45) is 5.92 Å². The van der Waals surface area contributed by atoms with Gasteiger partial charge >= 0.3 is 0 Å². The molecule has 2 amide bonds. The van der Waals surface area contributed by atoms with Gasteiger partial charge in [0.05, 0.1) is 12.6 Å². The number of hydrogen-bond acceptors (Lipinski definition) is 4. The third kappa shape index (κ3) is 3.02. The largest absolute Gasteiger partial charge is 0.346 e. The molecule has 0 bridgehead atoms. The van der Waals surface area contributed by atoms with Crippen LogP contribution in [0.3, 0.4) is 0 Å². The van der Waals surface area contributed by atoms with E-state index in [0.717, 1.165) is 5.56 Å². The zero-order valence-corrected chi connectivity index (χ0v) is 14.1. The number of hydrogen-bond donors (Lipinski definition) is 1. The van der Waals surface area contributed by atoms with Crippen LogP contribution in [0.15, 0.2) is 30.3 Å². The summed E-state index contributed by atoms with van der Waals surface area (Å²) < 4.78 is 1.53. The molecule has 24 heavy (non-hydrogen) atoms. The van der Waals surface area contributed by atoms with E-state index in [0.29, 0.717) is 13.1 Å². The van der Waals surface area contributed by atoms with Gasteiger partial charge in [-0.25, -0.2) is 4.68 Å². The van der Waals surface area contributed by atoms with E-state index < -0.39 is 0 Å². The van der Waals surface area contributed by atoms with E-state index in [2.05, 4.69) is 15.6 Å². The Morgan fingerprint density at radius 1 is 1.38 bits per heavy atom. The van der Waals surface area contributed by atoms with E-state index in [1.54, 1.807) is 11.9 Å². The highest BCUT2D eigenvalue weighted by molar-refractivity contribution is 6.05. The summed E-state index contributed by atoms with van der Waals surface area (Å²) in [5.41, 5.74) is 1.36. The fourth-order valence-electron chi connectivity index (χ4n) is 2.77. The molecule has 7 nitrogen and oxygen atoms in total. The number of rotatable bonds is 4. The van der Waals surface area contributed by atoms with Crippen molar-refractivity contribution in [3.8, 4) is 0 Å². The molecule has 2 aromatic rings. The number of amides is 2. The lowest BCUT2D eigenvalue weighted by Crippen LogP contribution is -2.48. The zero-order chi connectivity index (χ0) is 17.3. The molecule has 1 aromatic heterocycles. The van der Waals surface area contributed by atoms with Gasteiger partial charge in [-0.3, -0.25) is 9.59 Å². The van der Waals surface area contributed by atoms with Crippen LogP contribution in [0.4, 0.5) is 0 Å². The lowest BCUT2D eigenvalue weighted by molar-refractivity contribution is 0.0765. The van der Waals surface area contributed by atoms with Crippen LogP contribution in [0.2, 0.25) is 0 Å². The van der Waals surface area contributed by atoms with Crippen molar-refractivity contribution in [1.82, 2.24) is 25.2 Å². The summed E-state index contributed by atoms with van der Waals surface area (Å²) in [6, 6.07) is 9.67. The molecular weight excluding hydrogens is 306 g/mol. The van der Waals surface area contributed by atoms with Crippen LogP contribution < -0.4 is 5.32 Å². The number of aromatic nitrogens is 3. The van der Waals surface area contributed by atoms with Crippen LogP contribution >= 0.6 is 0 Å². The molecule has 0 aliphatic carbocycles. The number of fused-ring (bicyclic) bond motifs is 1. The molecule has 7 heteroatoms. The Labute approximate surface area is 140 Å². The molecule has 0 fully saturated rings. The maximum atomic E-state index is 12.7. The first-order valence-corrected chi connectivity index (χ1v) is 8.01. The van der Waals surface area contributed by atoms with Crippen LogP contribution in [0.25, 0.3) is 0 Å². The number of nitrogens with one attached hydrogen (secondary N) is 1. The number of carbonyl (C=O) groups excluding carboxylic acids is 2. The average molecular weight is 327 g/mol. The summed E-state index contributed by atoms with van der Waals surface area (Å²) in [5.74, 6) is -0.314. The Bertz CT molecular complexity index is 754. The molecule has 1 aliphatic heterocycles. The highest BCUT2D eigenvalue weighted by atomic mass is 16.2. The summed E-state index contributed by atoms with van der Waals surface area (Å²) in [7, 11) is 1.69. The normalized spacial score (nSPS) is 16.7. The van der Waals surface area contributed by atoms with Crippen LogP contribution in [-0.4, -0.2) is 44.8 Å². The van der Waals surface area contributed by atoms with Crippen molar-refractivity contribution in [3.63, 3.8) is 0 Å². The van der Waals surface area contributed by atoms with Crippen LogP contribution in [0.1, 0.15) is 40.4 Å². The fourth-order valence-corrected chi connectivity index (χ4v) is 2.77. The molecule has 3 rings (SSSR count). The van der Waals surface area contributed by atoms with Crippen LogP contribution in [0.5, 0.6) is 0 Å². The van der Waals surface area contributed by atoms with Crippen molar-refractivity contribution < 1.29 is 9.59 Å². The van der Waals surface area contributed by atoms with Gasteiger partial charge < -0.3 is 10.2 Å². The Morgan fingerprint density at radius 2 is 2.08 bits per heavy atom. The molecule has 0 radical (unpaired) electrons. The second-order valence-corrected chi connectivity index (χ2v) is 6.44. The van der Waals surface area contributed by atoms with Gasteiger partial charge in [0, 0.05) is 13.6 Å². The molecule has 126 valence electrons. The third-order valence-electron chi connectivity index (χ3n) is 4.25. The van der Waals surface area contributed by atoms with Crippen molar-refractivity contribution >= 4 is 11.8 Å². The monoisotopic (exact) mass is 327 g/mol. The van der Waals surface area contributed by atoms with Crippen LogP contribution in [0, 0.1) is 5.92 Å². The van der Waals surface area contributed by atoms with Crippen molar-refractivity contribution in [3.05, 3.63) is 47.3 Å². The molecule has 2 heterocycles. The van der Waals surface area contributed by atoms with Gasteiger partial charge in [0.2, 0.25) is 0 Å². The zero-order valence-electron chi connectivity index (χ0n) is 14.1. The summed E-state index contributed by atoms with van der Waals surface area (Å²) in [6.45, 7) is 5.04. The molecule has 0 spiro atoms. The quantitative estimate of drug-likeness (QED) is 0.918. The minimum Gasteiger partial charge on any atom is -0.346 e. The predicted molar refractivity (Wildman–Crippen MR) is 88.4 cm³/mol. The lowest BCUT2D eigenvalue weighted by Gasteiger charge is -2.27. The smallest absolute Gasteiger partial charge is 0.276 e. The highest BCUT2D eigenvalue weighted by Gasteiger charge is 2.33. The first kappa shape index (κ1) is 16.2. The summed E-state index contributed by atoms with van der Waals surface area (Å²) in [5, 5.41) is 10.9. The Morgan fingerprint density at radius 3 is 2.75 bits per heavy atom. The third-order valence-corrected chi connectivity index (χ3v) is 4.25. The maximum absolute atomic E-state index is 12.7. The first-order chi connectivity index (χ1) is 11.5. The SMILES string of the molecule is CC(C)[C@H]1Cn2nnc(C(=O)N(C)Cc3ccccc3)c2C(=O)N1. The van der Waals surface area contributed by atoms with E-state index in [9.17, 15) is 9.59 Å². The van der Waals surface area contributed by atoms with E-state index in [4.69, 9.17) is 0 Å². The van der Waals surface area contributed by atoms with E-state index in [1.165, 1.54) is 4.68 Å². The molecule has 0 unspecified atom stereocenters. The molecule has 1 N–H and O–H groups in total. The van der Waals surface area contributed by atoms with E-state index >= 15 is 0 Å². The van der Waals surface area contributed by atoms with Gasteiger partial charge in [0.25, 0.3) is 11.8 Å². The Hall–Kier alpha value is -2.70. The Balaban J connectivity index is 1.81. The molecule has 1 aromatic carbocycles. The lowest BCUT2D eigenvalue weighted by atomic mass is 10.0. The van der Waals surface area contributed by atoms with Gasteiger partial charge in [0.1, 0.15) is 0 Å². The highest BCUT2D eigenvalue weighted by Crippen LogP contribution is 2.17. The Kier molecular flexibility index (Phi) is 4.33. The molecule has 0 saturated carbocycles. The van der Waals surface area contributed by atoms with E-state index in [1.807, 2.05) is 44.2 Å². The van der Waals surface area contributed by atoms with Crippen molar-refractivity contribution in [2.45, 2.75) is 33.0 Å². The minimum atomic E-state index is -0.307. The summed E-state index contributed by atoms with van der Waals surface area (Å²) in [4.78, 5) is 26.6. The summed E-state index contributed by atoms with van der Waals surface area (Å²) >= 11 is 0. The molecule has 1 aliphatic rings. The van der Waals surface area contributed by atoms with Gasteiger partial charge in [-0.1, -0.05) is 49.4 Å². The average Bonchev–Trinajstić information content (AvgIpc) is 2.99. The second kappa shape index (κ2) is 6.43. The standard InChI is InChI=1S/C17H21N5O2/c1-11(2)13-10-22-15(16(23)18-13)14(19-20-22)17(24)21(3)9-12-7-5-4-6-8-12/h4-8,11,13H,9-10H2,1-3H3,(H,18,23)/t13-/m1/s1. The fraction of sp³-hybridized carbons (Fsp3) is 0.412. The number of benzene rings is 1. The number of carbonyl (C=O) groups is 2. The van der Waals surface area contributed by atoms with Gasteiger partial charge in [-0.05, 0) is 11.5 Å². The summed E-state index contributed by atoms with van der Waals surface area (Å²) in [6.07, 6.45) is 0. The van der Waals surface area contributed by atoms with Gasteiger partial charge in [-0.2, -0.15) is 0 Å². The topological polar surface area (TPSA) is 80.1 Å². The second-order valence-electron chi connectivity index (χ2n) is 6.44.